The number of carboxylic acids is 1. The minimum absolute atomic E-state index is 0.128. The lowest BCUT2D eigenvalue weighted by atomic mass is 10.1. The number of rotatable bonds is 7. The first-order valence-corrected chi connectivity index (χ1v) is 10.0. The standard InChI is InChI=1S/C21H18O6S/c22-20-10-9-17(12-19(20)21(23)24)27-13-15-5-4-6-16(11-15)14-28(25,26)18-7-2-1-3-8-18/h1-12,22H,13-14H2,(H,23,24). The second-order valence-electron chi connectivity index (χ2n) is 6.16. The third-order valence-corrected chi connectivity index (χ3v) is 5.76. The van der Waals surface area contributed by atoms with Crippen molar-refractivity contribution in [3.8, 4) is 11.5 Å². The van der Waals surface area contributed by atoms with Crippen molar-refractivity contribution in [2.75, 3.05) is 0 Å². The first-order valence-electron chi connectivity index (χ1n) is 8.40. The number of carboxylic acid groups (broad SMARTS) is 1. The van der Waals surface area contributed by atoms with Gasteiger partial charge in [0.25, 0.3) is 0 Å². The van der Waals surface area contributed by atoms with E-state index in [2.05, 4.69) is 0 Å². The smallest absolute Gasteiger partial charge is 0.339 e. The maximum atomic E-state index is 12.5. The second kappa shape index (κ2) is 8.14. The molecule has 0 spiro atoms. The Labute approximate surface area is 162 Å². The predicted molar refractivity (Wildman–Crippen MR) is 103 cm³/mol. The zero-order chi connectivity index (χ0) is 20.1. The van der Waals surface area contributed by atoms with E-state index in [1.165, 1.54) is 18.2 Å². The van der Waals surface area contributed by atoms with E-state index in [0.717, 1.165) is 5.56 Å². The van der Waals surface area contributed by atoms with Gasteiger partial charge in [-0.3, -0.25) is 0 Å². The Bertz CT molecular complexity index is 1090. The molecule has 28 heavy (non-hydrogen) atoms. The lowest BCUT2D eigenvalue weighted by Gasteiger charge is -2.10. The number of phenols is 1. The Morgan fingerprint density at radius 1 is 0.893 bits per heavy atom. The lowest BCUT2D eigenvalue weighted by molar-refractivity contribution is 0.0693. The molecule has 0 atom stereocenters. The summed E-state index contributed by atoms with van der Waals surface area (Å²) >= 11 is 0. The molecular weight excluding hydrogens is 380 g/mol. The molecule has 0 aromatic heterocycles. The van der Waals surface area contributed by atoms with Crippen molar-refractivity contribution in [2.45, 2.75) is 17.3 Å². The van der Waals surface area contributed by atoms with Gasteiger partial charge < -0.3 is 14.9 Å². The number of ether oxygens (including phenoxy) is 1. The number of benzene rings is 3. The predicted octanol–water partition coefficient (Wildman–Crippen LogP) is 3.64. The Morgan fingerprint density at radius 2 is 1.61 bits per heavy atom. The van der Waals surface area contributed by atoms with E-state index in [-0.39, 0.29) is 34.3 Å². The molecule has 0 saturated heterocycles. The molecule has 0 heterocycles. The van der Waals surface area contributed by atoms with E-state index >= 15 is 0 Å². The van der Waals surface area contributed by atoms with Crippen molar-refractivity contribution in [3.05, 3.63) is 89.5 Å². The van der Waals surface area contributed by atoms with Crippen LogP contribution in [-0.2, 0) is 22.2 Å². The monoisotopic (exact) mass is 398 g/mol. The van der Waals surface area contributed by atoms with Gasteiger partial charge in [0, 0.05) is 0 Å². The summed E-state index contributed by atoms with van der Waals surface area (Å²) in [6.07, 6.45) is 0. The summed E-state index contributed by atoms with van der Waals surface area (Å²) in [5.74, 6) is -1.44. The Hall–Kier alpha value is -3.32. The molecule has 144 valence electrons. The maximum Gasteiger partial charge on any atom is 0.339 e. The number of aromatic hydroxyl groups is 1. The molecule has 6 nitrogen and oxygen atoms in total. The summed E-state index contributed by atoms with van der Waals surface area (Å²) in [6.45, 7) is 0.128. The Morgan fingerprint density at radius 3 is 2.32 bits per heavy atom. The van der Waals surface area contributed by atoms with Gasteiger partial charge in [-0.2, -0.15) is 0 Å². The Kier molecular flexibility index (Phi) is 5.65. The fourth-order valence-corrected chi connectivity index (χ4v) is 4.04. The maximum absolute atomic E-state index is 12.5. The first kappa shape index (κ1) is 19.4. The highest BCUT2D eigenvalue weighted by molar-refractivity contribution is 7.90. The second-order valence-corrected chi connectivity index (χ2v) is 8.15. The van der Waals surface area contributed by atoms with Crippen LogP contribution in [0, 0.1) is 0 Å². The van der Waals surface area contributed by atoms with Crippen LogP contribution in [0.1, 0.15) is 21.5 Å². The molecule has 0 fully saturated rings. The van der Waals surface area contributed by atoms with E-state index in [0.29, 0.717) is 5.56 Å². The normalized spacial score (nSPS) is 11.1. The van der Waals surface area contributed by atoms with Crippen LogP contribution in [0.25, 0.3) is 0 Å². The summed E-state index contributed by atoms with van der Waals surface area (Å²) in [5, 5.41) is 18.6. The summed E-state index contributed by atoms with van der Waals surface area (Å²) in [5.41, 5.74) is 1.12. The quantitative estimate of drug-likeness (QED) is 0.630. The molecule has 3 rings (SSSR count). The molecule has 0 bridgehead atoms. The summed E-state index contributed by atoms with van der Waals surface area (Å²) < 4.78 is 30.6. The number of hydrogen-bond acceptors (Lipinski definition) is 5. The van der Waals surface area contributed by atoms with Gasteiger partial charge in [0.1, 0.15) is 23.7 Å². The number of sulfone groups is 1. The molecule has 0 aliphatic carbocycles. The van der Waals surface area contributed by atoms with Gasteiger partial charge in [-0.15, -0.1) is 0 Å². The van der Waals surface area contributed by atoms with Crippen LogP contribution < -0.4 is 4.74 Å². The molecule has 3 aromatic rings. The molecule has 0 radical (unpaired) electrons. The number of carbonyl (C=O) groups is 1. The van der Waals surface area contributed by atoms with E-state index in [4.69, 9.17) is 9.84 Å². The molecule has 2 N–H and O–H groups in total. The van der Waals surface area contributed by atoms with E-state index < -0.39 is 15.8 Å². The van der Waals surface area contributed by atoms with E-state index in [1.807, 2.05) is 0 Å². The third-order valence-electron chi connectivity index (χ3n) is 4.05. The number of aromatic carboxylic acids is 1. The highest BCUT2D eigenvalue weighted by Crippen LogP contribution is 2.24. The molecule has 0 aliphatic rings. The minimum Gasteiger partial charge on any atom is -0.507 e. The van der Waals surface area contributed by atoms with Gasteiger partial charge in [0.2, 0.25) is 0 Å². The fraction of sp³-hybridized carbons (Fsp3) is 0.0952. The largest absolute Gasteiger partial charge is 0.507 e. The molecule has 3 aromatic carbocycles. The lowest BCUT2D eigenvalue weighted by Crippen LogP contribution is -2.05. The molecular formula is C21H18O6S. The van der Waals surface area contributed by atoms with Gasteiger partial charge in [0.15, 0.2) is 9.84 Å². The van der Waals surface area contributed by atoms with Crippen molar-refractivity contribution in [1.82, 2.24) is 0 Å². The van der Waals surface area contributed by atoms with Gasteiger partial charge in [-0.05, 0) is 41.5 Å². The summed E-state index contributed by atoms with van der Waals surface area (Å²) in [6, 6.07) is 19.2. The van der Waals surface area contributed by atoms with E-state index in [1.54, 1.807) is 54.6 Å². The van der Waals surface area contributed by atoms with Crippen LogP contribution in [0.4, 0.5) is 0 Å². The highest BCUT2D eigenvalue weighted by Gasteiger charge is 2.15. The van der Waals surface area contributed by atoms with E-state index in [9.17, 15) is 18.3 Å². The molecule has 7 heteroatoms. The van der Waals surface area contributed by atoms with Crippen LogP contribution in [0.2, 0.25) is 0 Å². The average Bonchev–Trinajstić information content (AvgIpc) is 2.68. The number of hydrogen-bond donors (Lipinski definition) is 2. The summed E-state index contributed by atoms with van der Waals surface area (Å²) in [4.78, 5) is 11.3. The zero-order valence-electron chi connectivity index (χ0n) is 14.8. The van der Waals surface area contributed by atoms with Crippen LogP contribution in [-0.4, -0.2) is 24.6 Å². The van der Waals surface area contributed by atoms with Crippen molar-refractivity contribution >= 4 is 15.8 Å². The average molecular weight is 398 g/mol. The van der Waals surface area contributed by atoms with Crippen molar-refractivity contribution in [2.24, 2.45) is 0 Å². The molecule has 0 unspecified atom stereocenters. The van der Waals surface area contributed by atoms with Gasteiger partial charge in [0.05, 0.1) is 10.6 Å². The first-order chi connectivity index (χ1) is 13.3. The van der Waals surface area contributed by atoms with Crippen molar-refractivity contribution in [3.63, 3.8) is 0 Å². The summed E-state index contributed by atoms with van der Waals surface area (Å²) in [7, 11) is -3.45. The van der Waals surface area contributed by atoms with Gasteiger partial charge >= 0.3 is 5.97 Å². The van der Waals surface area contributed by atoms with Crippen molar-refractivity contribution < 1.29 is 28.2 Å². The van der Waals surface area contributed by atoms with Crippen LogP contribution in [0.15, 0.2) is 77.7 Å². The van der Waals surface area contributed by atoms with Gasteiger partial charge in [-0.25, -0.2) is 13.2 Å². The fourth-order valence-electron chi connectivity index (χ4n) is 2.68. The van der Waals surface area contributed by atoms with Crippen LogP contribution >= 0.6 is 0 Å². The Balaban J connectivity index is 1.72. The molecule has 0 amide bonds. The van der Waals surface area contributed by atoms with Gasteiger partial charge in [-0.1, -0.05) is 42.5 Å². The molecule has 0 saturated carbocycles. The molecule has 0 aliphatic heterocycles. The van der Waals surface area contributed by atoms with Crippen molar-refractivity contribution in [1.29, 1.82) is 0 Å². The minimum atomic E-state index is -3.45. The van der Waals surface area contributed by atoms with Crippen LogP contribution in [0.3, 0.4) is 0 Å². The van der Waals surface area contributed by atoms with Crippen LogP contribution in [0.5, 0.6) is 11.5 Å². The highest BCUT2D eigenvalue weighted by atomic mass is 32.2. The third kappa shape index (κ3) is 4.69. The zero-order valence-corrected chi connectivity index (χ0v) is 15.6. The topological polar surface area (TPSA) is 101 Å². The SMILES string of the molecule is O=C(O)c1cc(OCc2cccc(CS(=O)(=O)c3ccccc3)c2)ccc1O.